The molecule has 2 saturated heterocycles. The molecule has 1 amide bonds. The number of nitrogens with zero attached hydrogens (tertiary/aromatic N) is 1. The van der Waals surface area contributed by atoms with Gasteiger partial charge >= 0.3 is 0 Å². The Morgan fingerprint density at radius 1 is 1.50 bits per heavy atom. The number of benzene rings is 1. The molecule has 2 aliphatic heterocycles. The van der Waals surface area contributed by atoms with Crippen LogP contribution in [0.2, 0.25) is 0 Å². The molecule has 3 rings (SSSR count). The molecule has 0 radical (unpaired) electrons. The van der Waals surface area contributed by atoms with Gasteiger partial charge in [0.15, 0.2) is 11.5 Å². The van der Waals surface area contributed by atoms with Gasteiger partial charge in [0.1, 0.15) is 4.32 Å². The quantitative estimate of drug-likeness (QED) is 0.470. The minimum Gasteiger partial charge on any atom is -0.492 e. The zero-order valence-corrected chi connectivity index (χ0v) is 17.8. The molecule has 0 aliphatic carbocycles. The van der Waals surface area contributed by atoms with Crippen LogP contribution in [0, 0.1) is 0 Å². The summed E-state index contributed by atoms with van der Waals surface area (Å²) in [7, 11) is 1.60. The summed E-state index contributed by atoms with van der Waals surface area (Å²) in [4.78, 5) is 15.0. The summed E-state index contributed by atoms with van der Waals surface area (Å²) in [6.07, 6.45) is 3.92. The van der Waals surface area contributed by atoms with Crippen molar-refractivity contribution in [1.82, 2.24) is 4.90 Å². The van der Waals surface area contributed by atoms with Crippen molar-refractivity contribution in [3.05, 3.63) is 27.1 Å². The molecule has 2 fully saturated rings. The molecular weight excluding hydrogens is 438 g/mol. The summed E-state index contributed by atoms with van der Waals surface area (Å²) >= 11 is 10.2. The molecule has 2 aliphatic rings. The number of carbonyl (C=O) groups is 1. The second-order valence-electron chi connectivity index (χ2n) is 5.89. The van der Waals surface area contributed by atoms with Crippen molar-refractivity contribution < 1.29 is 19.0 Å². The fourth-order valence-corrected chi connectivity index (χ4v) is 4.83. The van der Waals surface area contributed by atoms with Crippen LogP contribution in [0.4, 0.5) is 0 Å². The maximum atomic E-state index is 12.8. The lowest BCUT2D eigenvalue weighted by atomic mass is 10.1. The average molecular weight is 458 g/mol. The van der Waals surface area contributed by atoms with Crippen molar-refractivity contribution in [3.8, 4) is 11.5 Å². The van der Waals surface area contributed by atoms with Crippen LogP contribution in [-0.4, -0.2) is 48.1 Å². The Balaban J connectivity index is 1.83. The molecule has 2 heterocycles. The summed E-state index contributed by atoms with van der Waals surface area (Å²) in [6, 6.07) is 3.76. The zero-order valence-electron chi connectivity index (χ0n) is 14.6. The van der Waals surface area contributed by atoms with Gasteiger partial charge in [0, 0.05) is 6.61 Å². The highest BCUT2D eigenvalue weighted by molar-refractivity contribution is 9.10. The first-order valence-electron chi connectivity index (χ1n) is 8.40. The van der Waals surface area contributed by atoms with Gasteiger partial charge in [0.05, 0.1) is 35.7 Å². The molecule has 1 atom stereocenters. The fourth-order valence-electron chi connectivity index (χ4n) is 2.93. The van der Waals surface area contributed by atoms with E-state index in [1.807, 2.05) is 25.1 Å². The maximum Gasteiger partial charge on any atom is 0.266 e. The second-order valence-corrected chi connectivity index (χ2v) is 8.42. The Morgan fingerprint density at radius 2 is 2.31 bits per heavy atom. The van der Waals surface area contributed by atoms with Gasteiger partial charge in [0.25, 0.3) is 5.91 Å². The summed E-state index contributed by atoms with van der Waals surface area (Å²) in [5.74, 6) is 1.20. The lowest BCUT2D eigenvalue weighted by molar-refractivity contribution is -0.123. The molecule has 0 saturated carbocycles. The predicted octanol–water partition coefficient (Wildman–Crippen LogP) is 4.24. The van der Waals surface area contributed by atoms with Crippen molar-refractivity contribution in [2.24, 2.45) is 0 Å². The third kappa shape index (κ3) is 4.24. The molecule has 0 N–H and O–H groups in total. The summed E-state index contributed by atoms with van der Waals surface area (Å²) in [5.41, 5.74) is 0.846. The standard InChI is InChI=1S/C18H20BrNO4S2/c1-3-23-14-8-11(7-13(19)16(14)22-2)9-15-17(21)20(18(25)26-15)10-12-5-4-6-24-12/h7-9,12H,3-6,10H2,1-2H3/b15-9-/t12-/m0/s1. The molecule has 0 bridgehead atoms. The van der Waals surface area contributed by atoms with Crippen LogP contribution in [0.3, 0.4) is 0 Å². The van der Waals surface area contributed by atoms with Gasteiger partial charge in [-0.1, -0.05) is 24.0 Å². The molecule has 1 aromatic rings. The van der Waals surface area contributed by atoms with E-state index in [4.69, 9.17) is 26.4 Å². The smallest absolute Gasteiger partial charge is 0.266 e. The van der Waals surface area contributed by atoms with Crippen LogP contribution in [0.25, 0.3) is 6.08 Å². The number of hydrogen-bond acceptors (Lipinski definition) is 6. The van der Waals surface area contributed by atoms with E-state index < -0.39 is 0 Å². The normalized spacial score (nSPS) is 21.7. The van der Waals surface area contributed by atoms with Crippen LogP contribution in [0.1, 0.15) is 25.3 Å². The van der Waals surface area contributed by atoms with E-state index in [9.17, 15) is 4.79 Å². The van der Waals surface area contributed by atoms with Crippen molar-refractivity contribution in [3.63, 3.8) is 0 Å². The molecule has 140 valence electrons. The highest BCUT2D eigenvalue weighted by atomic mass is 79.9. The number of halogens is 1. The van der Waals surface area contributed by atoms with Gasteiger partial charge in [-0.25, -0.2) is 0 Å². The average Bonchev–Trinajstić information content (AvgIpc) is 3.20. The number of amides is 1. The largest absolute Gasteiger partial charge is 0.492 e. The van der Waals surface area contributed by atoms with Gasteiger partial charge in [-0.05, 0) is 59.5 Å². The van der Waals surface area contributed by atoms with Crippen LogP contribution in [0.5, 0.6) is 11.5 Å². The van der Waals surface area contributed by atoms with Gasteiger partial charge in [-0.2, -0.15) is 0 Å². The molecular formula is C18H20BrNO4S2. The Kier molecular flexibility index (Phi) is 6.60. The molecule has 0 unspecified atom stereocenters. The first-order valence-corrected chi connectivity index (χ1v) is 10.4. The minimum absolute atomic E-state index is 0.0691. The van der Waals surface area contributed by atoms with Gasteiger partial charge in [0.2, 0.25) is 0 Å². The number of methoxy groups -OCH3 is 1. The summed E-state index contributed by atoms with van der Waals surface area (Å²) in [6.45, 7) is 3.72. The molecule has 8 heteroatoms. The van der Waals surface area contributed by atoms with Crippen LogP contribution < -0.4 is 9.47 Å². The van der Waals surface area contributed by atoms with E-state index in [0.29, 0.717) is 33.9 Å². The molecule has 26 heavy (non-hydrogen) atoms. The van der Waals surface area contributed by atoms with E-state index in [0.717, 1.165) is 29.5 Å². The Bertz CT molecular complexity index is 747. The van der Waals surface area contributed by atoms with Crippen molar-refractivity contribution in [1.29, 1.82) is 0 Å². The van der Waals surface area contributed by atoms with Crippen LogP contribution in [0.15, 0.2) is 21.5 Å². The third-order valence-corrected chi connectivity index (χ3v) is 6.08. The Labute approximate surface area is 171 Å². The maximum absolute atomic E-state index is 12.8. The SMILES string of the molecule is CCOc1cc(/C=C2\SC(=S)N(C[C@@H]3CCCO3)C2=O)cc(Br)c1OC. The number of rotatable bonds is 6. The molecule has 5 nitrogen and oxygen atoms in total. The number of carbonyl (C=O) groups excluding carboxylic acids is 1. The second kappa shape index (κ2) is 8.73. The lowest BCUT2D eigenvalue weighted by Gasteiger charge is -2.18. The van der Waals surface area contributed by atoms with Crippen LogP contribution in [-0.2, 0) is 9.53 Å². The van der Waals surface area contributed by atoms with E-state index >= 15 is 0 Å². The number of thioether (sulfide) groups is 1. The number of hydrogen-bond donors (Lipinski definition) is 0. The monoisotopic (exact) mass is 457 g/mol. The van der Waals surface area contributed by atoms with Crippen molar-refractivity contribution in [2.75, 3.05) is 26.9 Å². The first kappa shape index (κ1) is 19.7. The molecule has 1 aromatic carbocycles. The Hall–Kier alpha value is -1.09. The van der Waals surface area contributed by atoms with Crippen molar-refractivity contribution in [2.45, 2.75) is 25.9 Å². The van der Waals surface area contributed by atoms with E-state index in [1.165, 1.54) is 11.8 Å². The lowest BCUT2D eigenvalue weighted by Crippen LogP contribution is -2.35. The fraction of sp³-hybridized carbons (Fsp3) is 0.444. The summed E-state index contributed by atoms with van der Waals surface area (Å²) in [5, 5.41) is 0. The number of thiocarbonyl (C=S) groups is 1. The van der Waals surface area contributed by atoms with Crippen molar-refractivity contribution >= 4 is 56.2 Å². The summed E-state index contributed by atoms with van der Waals surface area (Å²) < 4.78 is 18.0. The predicted molar refractivity (Wildman–Crippen MR) is 111 cm³/mol. The van der Waals surface area contributed by atoms with Gasteiger partial charge < -0.3 is 14.2 Å². The van der Waals surface area contributed by atoms with Crippen LogP contribution >= 0.6 is 39.9 Å². The Morgan fingerprint density at radius 3 is 2.96 bits per heavy atom. The highest BCUT2D eigenvalue weighted by Gasteiger charge is 2.34. The topological polar surface area (TPSA) is 48.0 Å². The number of ether oxygens (including phenoxy) is 3. The third-order valence-electron chi connectivity index (χ3n) is 4.12. The van der Waals surface area contributed by atoms with E-state index in [1.54, 1.807) is 12.0 Å². The highest BCUT2D eigenvalue weighted by Crippen LogP contribution is 2.39. The zero-order chi connectivity index (χ0) is 18.7. The van der Waals surface area contributed by atoms with E-state index in [-0.39, 0.29) is 12.0 Å². The van der Waals surface area contributed by atoms with E-state index in [2.05, 4.69) is 15.9 Å². The van der Waals surface area contributed by atoms with Gasteiger partial charge in [-0.15, -0.1) is 0 Å². The molecule has 0 spiro atoms. The minimum atomic E-state index is -0.0691. The van der Waals surface area contributed by atoms with Gasteiger partial charge in [-0.3, -0.25) is 9.69 Å². The molecule has 0 aromatic heterocycles. The first-order chi connectivity index (χ1) is 12.5.